The SMILES string of the molecule is CC(C)(C)n1ncc2ccncc21. The van der Waals surface area contributed by atoms with E-state index in [2.05, 4.69) is 30.9 Å². The molecule has 0 amide bonds. The van der Waals surface area contributed by atoms with Crippen molar-refractivity contribution in [1.29, 1.82) is 0 Å². The molecule has 0 fully saturated rings. The molecule has 0 bridgehead atoms. The van der Waals surface area contributed by atoms with E-state index in [4.69, 9.17) is 0 Å². The first-order valence-electron chi connectivity index (χ1n) is 4.37. The summed E-state index contributed by atoms with van der Waals surface area (Å²) in [7, 11) is 0. The van der Waals surface area contributed by atoms with Crippen molar-refractivity contribution in [2.75, 3.05) is 0 Å². The molecular formula is C10H13N3. The number of hydrogen-bond donors (Lipinski definition) is 0. The number of hydrogen-bond acceptors (Lipinski definition) is 2. The molecule has 68 valence electrons. The predicted octanol–water partition coefficient (Wildman–Crippen LogP) is 2.19. The van der Waals surface area contributed by atoms with E-state index in [9.17, 15) is 0 Å². The Morgan fingerprint density at radius 1 is 1.23 bits per heavy atom. The van der Waals surface area contributed by atoms with Gasteiger partial charge in [-0.25, -0.2) is 0 Å². The maximum absolute atomic E-state index is 4.34. The Kier molecular flexibility index (Phi) is 1.62. The minimum atomic E-state index is 0.0186. The first-order valence-corrected chi connectivity index (χ1v) is 4.37. The normalized spacial score (nSPS) is 12.2. The van der Waals surface area contributed by atoms with Crippen LogP contribution in [-0.2, 0) is 5.54 Å². The largest absolute Gasteiger partial charge is 0.262 e. The smallest absolute Gasteiger partial charge is 0.0871 e. The van der Waals surface area contributed by atoms with Crippen LogP contribution < -0.4 is 0 Å². The van der Waals surface area contributed by atoms with Crippen molar-refractivity contribution in [3.63, 3.8) is 0 Å². The van der Waals surface area contributed by atoms with Crippen molar-refractivity contribution in [3.8, 4) is 0 Å². The van der Waals surface area contributed by atoms with E-state index < -0.39 is 0 Å². The fourth-order valence-electron chi connectivity index (χ4n) is 1.40. The highest BCUT2D eigenvalue weighted by atomic mass is 15.3. The number of rotatable bonds is 0. The summed E-state index contributed by atoms with van der Waals surface area (Å²) in [5.41, 5.74) is 1.11. The molecule has 0 atom stereocenters. The molecular weight excluding hydrogens is 162 g/mol. The van der Waals surface area contributed by atoms with Crippen LogP contribution in [0.1, 0.15) is 20.8 Å². The molecule has 2 aromatic heterocycles. The Balaban J connectivity index is 2.72. The fraction of sp³-hybridized carbons (Fsp3) is 0.400. The standard InChI is InChI=1S/C10H13N3/c1-10(2,3)13-9-7-11-5-4-8(9)6-12-13/h4-7H,1-3H3. The van der Waals surface area contributed by atoms with Gasteiger partial charge in [-0.15, -0.1) is 0 Å². The summed E-state index contributed by atoms with van der Waals surface area (Å²) in [5, 5.41) is 5.49. The highest BCUT2D eigenvalue weighted by molar-refractivity contribution is 5.77. The lowest BCUT2D eigenvalue weighted by molar-refractivity contribution is 0.368. The maximum Gasteiger partial charge on any atom is 0.0871 e. The van der Waals surface area contributed by atoms with Gasteiger partial charge in [0.05, 0.1) is 23.4 Å². The molecule has 3 nitrogen and oxygen atoms in total. The van der Waals surface area contributed by atoms with E-state index in [1.54, 1.807) is 6.20 Å². The third-order valence-electron chi connectivity index (χ3n) is 2.01. The summed E-state index contributed by atoms with van der Waals surface area (Å²) in [5.74, 6) is 0. The van der Waals surface area contributed by atoms with Gasteiger partial charge in [0.1, 0.15) is 0 Å². The molecule has 0 unspecified atom stereocenters. The average Bonchev–Trinajstić information content (AvgIpc) is 2.45. The zero-order valence-electron chi connectivity index (χ0n) is 8.15. The van der Waals surface area contributed by atoms with Crippen LogP contribution >= 0.6 is 0 Å². The van der Waals surface area contributed by atoms with Crippen LogP contribution in [0, 0.1) is 0 Å². The summed E-state index contributed by atoms with van der Waals surface area (Å²) >= 11 is 0. The first-order chi connectivity index (χ1) is 6.09. The molecule has 2 heterocycles. The number of pyridine rings is 1. The number of aromatic nitrogens is 3. The van der Waals surface area contributed by atoms with Gasteiger partial charge in [-0.2, -0.15) is 5.10 Å². The molecule has 0 radical (unpaired) electrons. The van der Waals surface area contributed by atoms with Gasteiger partial charge in [0.15, 0.2) is 0 Å². The Morgan fingerprint density at radius 3 is 2.69 bits per heavy atom. The van der Waals surface area contributed by atoms with Crippen LogP contribution in [0.15, 0.2) is 24.7 Å². The number of fused-ring (bicyclic) bond motifs is 1. The van der Waals surface area contributed by atoms with Gasteiger partial charge in [0.2, 0.25) is 0 Å². The lowest BCUT2D eigenvalue weighted by Crippen LogP contribution is -2.22. The summed E-state index contributed by atoms with van der Waals surface area (Å²) in [6, 6.07) is 1.98. The van der Waals surface area contributed by atoms with Gasteiger partial charge in [0.25, 0.3) is 0 Å². The topological polar surface area (TPSA) is 30.7 Å². The van der Waals surface area contributed by atoms with Gasteiger partial charge >= 0.3 is 0 Å². The second-order valence-electron chi connectivity index (χ2n) is 4.16. The summed E-state index contributed by atoms with van der Waals surface area (Å²) in [4.78, 5) is 4.10. The van der Waals surface area contributed by atoms with E-state index in [0.717, 1.165) is 10.9 Å². The third-order valence-corrected chi connectivity index (χ3v) is 2.01. The molecule has 0 aliphatic rings. The summed E-state index contributed by atoms with van der Waals surface area (Å²) < 4.78 is 2.00. The Bertz CT molecular complexity index is 423. The summed E-state index contributed by atoms with van der Waals surface area (Å²) in [6.45, 7) is 6.39. The van der Waals surface area contributed by atoms with Gasteiger partial charge in [-0.3, -0.25) is 9.67 Å². The zero-order chi connectivity index (χ0) is 9.47. The van der Waals surface area contributed by atoms with E-state index in [-0.39, 0.29) is 5.54 Å². The van der Waals surface area contributed by atoms with Gasteiger partial charge in [-0.1, -0.05) is 0 Å². The minimum Gasteiger partial charge on any atom is -0.262 e. The van der Waals surface area contributed by atoms with E-state index >= 15 is 0 Å². The van der Waals surface area contributed by atoms with Crippen LogP contribution in [0.3, 0.4) is 0 Å². The van der Waals surface area contributed by atoms with Crippen molar-refractivity contribution in [2.24, 2.45) is 0 Å². The van der Waals surface area contributed by atoms with Crippen LogP contribution in [-0.4, -0.2) is 14.8 Å². The Morgan fingerprint density at radius 2 is 2.00 bits per heavy atom. The molecule has 0 saturated carbocycles. The van der Waals surface area contributed by atoms with Crippen molar-refractivity contribution < 1.29 is 0 Å². The molecule has 0 N–H and O–H groups in total. The molecule has 2 rings (SSSR count). The summed E-state index contributed by atoms with van der Waals surface area (Å²) in [6.07, 6.45) is 5.52. The third kappa shape index (κ3) is 1.30. The average molecular weight is 175 g/mol. The van der Waals surface area contributed by atoms with Crippen molar-refractivity contribution in [3.05, 3.63) is 24.7 Å². The van der Waals surface area contributed by atoms with E-state index in [1.807, 2.05) is 23.1 Å². The lowest BCUT2D eigenvalue weighted by atomic mass is 10.1. The Hall–Kier alpha value is -1.38. The van der Waals surface area contributed by atoms with Crippen molar-refractivity contribution in [1.82, 2.24) is 14.8 Å². The zero-order valence-corrected chi connectivity index (χ0v) is 8.15. The maximum atomic E-state index is 4.34. The number of nitrogens with zero attached hydrogens (tertiary/aromatic N) is 3. The Labute approximate surface area is 77.4 Å². The second kappa shape index (κ2) is 2.55. The van der Waals surface area contributed by atoms with Crippen LogP contribution in [0.4, 0.5) is 0 Å². The minimum absolute atomic E-state index is 0.0186. The van der Waals surface area contributed by atoms with Gasteiger partial charge in [-0.05, 0) is 26.8 Å². The van der Waals surface area contributed by atoms with Crippen molar-refractivity contribution >= 4 is 10.9 Å². The highest BCUT2D eigenvalue weighted by Crippen LogP contribution is 2.19. The van der Waals surface area contributed by atoms with Crippen LogP contribution in [0.25, 0.3) is 10.9 Å². The highest BCUT2D eigenvalue weighted by Gasteiger charge is 2.16. The van der Waals surface area contributed by atoms with Gasteiger partial charge in [0, 0.05) is 11.6 Å². The molecule has 13 heavy (non-hydrogen) atoms. The molecule has 2 aromatic rings. The monoisotopic (exact) mass is 175 g/mol. The quantitative estimate of drug-likeness (QED) is 0.614. The lowest BCUT2D eigenvalue weighted by Gasteiger charge is -2.20. The molecule has 0 spiro atoms. The molecule has 0 aliphatic carbocycles. The van der Waals surface area contributed by atoms with Gasteiger partial charge < -0.3 is 0 Å². The fourth-order valence-corrected chi connectivity index (χ4v) is 1.40. The molecule has 0 saturated heterocycles. The first kappa shape index (κ1) is 8.23. The van der Waals surface area contributed by atoms with E-state index in [0.29, 0.717) is 0 Å². The molecule has 3 heteroatoms. The second-order valence-corrected chi connectivity index (χ2v) is 4.16. The molecule has 0 aliphatic heterocycles. The predicted molar refractivity (Wildman–Crippen MR) is 52.5 cm³/mol. The van der Waals surface area contributed by atoms with Crippen LogP contribution in [0.5, 0.6) is 0 Å². The van der Waals surface area contributed by atoms with Crippen molar-refractivity contribution in [2.45, 2.75) is 26.3 Å². The molecule has 0 aromatic carbocycles. The van der Waals surface area contributed by atoms with Crippen LogP contribution in [0.2, 0.25) is 0 Å². The van der Waals surface area contributed by atoms with E-state index in [1.165, 1.54) is 0 Å².